The van der Waals surface area contributed by atoms with Crippen molar-refractivity contribution in [1.82, 2.24) is 10.6 Å². The van der Waals surface area contributed by atoms with Gasteiger partial charge in [-0.2, -0.15) is 0 Å². The molecule has 5 nitrogen and oxygen atoms in total. The highest BCUT2D eigenvalue weighted by atomic mass is 16.4. The summed E-state index contributed by atoms with van der Waals surface area (Å²) in [6, 6.07) is 8.87. The van der Waals surface area contributed by atoms with Crippen LogP contribution in [0.25, 0.3) is 0 Å². The molecule has 114 valence electrons. The Labute approximate surface area is 124 Å². The number of amides is 1. The predicted octanol–water partition coefficient (Wildman–Crippen LogP) is 1.04. The van der Waals surface area contributed by atoms with Crippen molar-refractivity contribution >= 4 is 11.9 Å². The number of rotatable bonds is 6. The summed E-state index contributed by atoms with van der Waals surface area (Å²) in [7, 11) is 0. The zero-order valence-corrected chi connectivity index (χ0v) is 12.2. The molecule has 1 fully saturated rings. The first-order valence-corrected chi connectivity index (χ1v) is 7.35. The highest BCUT2D eigenvalue weighted by Gasteiger charge is 2.31. The van der Waals surface area contributed by atoms with Crippen LogP contribution in [0.4, 0.5) is 0 Å². The fraction of sp³-hybridized carbons (Fsp3) is 0.500. The number of carboxylic acid groups (broad SMARTS) is 1. The minimum Gasteiger partial charge on any atom is -0.480 e. The van der Waals surface area contributed by atoms with Crippen molar-refractivity contribution in [2.24, 2.45) is 11.8 Å². The lowest BCUT2D eigenvalue weighted by Gasteiger charge is -2.19. The fourth-order valence-electron chi connectivity index (χ4n) is 2.65. The summed E-state index contributed by atoms with van der Waals surface area (Å²) in [5.41, 5.74) is 1.08. The maximum Gasteiger partial charge on any atom is 0.326 e. The quantitative estimate of drug-likeness (QED) is 0.731. The molecule has 5 heteroatoms. The van der Waals surface area contributed by atoms with Gasteiger partial charge in [-0.1, -0.05) is 37.3 Å². The Balaban J connectivity index is 1.90. The molecule has 0 spiro atoms. The van der Waals surface area contributed by atoms with E-state index in [1.807, 2.05) is 37.3 Å². The molecule has 0 saturated carbocycles. The molecule has 1 aromatic carbocycles. The molecule has 21 heavy (non-hydrogen) atoms. The van der Waals surface area contributed by atoms with E-state index in [4.69, 9.17) is 0 Å². The van der Waals surface area contributed by atoms with Crippen LogP contribution in [0.3, 0.4) is 0 Å². The minimum absolute atomic E-state index is 0.136. The van der Waals surface area contributed by atoms with E-state index in [9.17, 15) is 14.7 Å². The molecule has 1 amide bonds. The van der Waals surface area contributed by atoms with E-state index in [-0.39, 0.29) is 17.7 Å². The van der Waals surface area contributed by atoms with Gasteiger partial charge in [0.2, 0.25) is 5.91 Å². The number of hydrogen-bond donors (Lipinski definition) is 3. The van der Waals surface area contributed by atoms with Crippen LogP contribution in [0, 0.1) is 11.8 Å². The minimum atomic E-state index is -0.974. The van der Waals surface area contributed by atoms with Gasteiger partial charge in [-0.25, -0.2) is 4.79 Å². The molecular formula is C16H22N2O3. The molecule has 0 bridgehead atoms. The van der Waals surface area contributed by atoms with Crippen LogP contribution < -0.4 is 10.6 Å². The number of hydrogen-bond acceptors (Lipinski definition) is 3. The number of aryl methyl sites for hydroxylation is 1. The van der Waals surface area contributed by atoms with Gasteiger partial charge in [0.1, 0.15) is 6.04 Å². The molecule has 2 rings (SSSR count). The van der Waals surface area contributed by atoms with Gasteiger partial charge in [0.05, 0.1) is 5.92 Å². The van der Waals surface area contributed by atoms with Crippen LogP contribution in [-0.4, -0.2) is 36.1 Å². The summed E-state index contributed by atoms with van der Waals surface area (Å²) < 4.78 is 0. The predicted molar refractivity (Wildman–Crippen MR) is 79.9 cm³/mol. The third-order valence-electron chi connectivity index (χ3n) is 4.03. The summed E-state index contributed by atoms with van der Waals surface area (Å²) in [5, 5.41) is 15.1. The molecule has 0 aliphatic carbocycles. The van der Waals surface area contributed by atoms with Gasteiger partial charge >= 0.3 is 5.97 Å². The molecular weight excluding hydrogens is 268 g/mol. The number of benzene rings is 1. The zero-order chi connectivity index (χ0) is 15.2. The lowest BCUT2D eigenvalue weighted by molar-refractivity contribution is -0.142. The molecule has 1 aliphatic rings. The van der Waals surface area contributed by atoms with Crippen molar-refractivity contribution in [1.29, 1.82) is 0 Å². The van der Waals surface area contributed by atoms with Crippen LogP contribution >= 0.6 is 0 Å². The molecule has 1 aliphatic heterocycles. The second kappa shape index (κ2) is 7.22. The van der Waals surface area contributed by atoms with Crippen LogP contribution in [0.1, 0.15) is 18.9 Å². The summed E-state index contributed by atoms with van der Waals surface area (Å²) in [5.74, 6) is -1.03. The van der Waals surface area contributed by atoms with E-state index in [0.717, 1.165) is 12.1 Å². The highest BCUT2D eigenvalue weighted by Crippen LogP contribution is 2.16. The lowest BCUT2D eigenvalue weighted by Crippen LogP contribution is -2.45. The normalized spacial score (nSPS) is 22.7. The standard InChI is InChI=1S/C16H22N2O3/c1-11-9-17-10-13(11)15(19)18-14(16(20)21)8-7-12-5-3-2-4-6-12/h2-6,11,13-14,17H,7-10H2,1H3,(H,18,19)(H,20,21). The summed E-state index contributed by atoms with van der Waals surface area (Å²) in [6.45, 7) is 3.43. The van der Waals surface area contributed by atoms with Gasteiger partial charge in [0.15, 0.2) is 0 Å². The maximum atomic E-state index is 12.2. The second-order valence-corrected chi connectivity index (χ2v) is 5.67. The Morgan fingerprint density at radius 1 is 1.33 bits per heavy atom. The Bertz CT molecular complexity index is 490. The molecule has 0 aromatic heterocycles. The van der Waals surface area contributed by atoms with Crippen molar-refractivity contribution in [3.05, 3.63) is 35.9 Å². The van der Waals surface area contributed by atoms with Gasteiger partial charge < -0.3 is 15.7 Å². The number of carbonyl (C=O) groups is 2. The molecule has 3 N–H and O–H groups in total. The van der Waals surface area contributed by atoms with Crippen LogP contribution in [0.5, 0.6) is 0 Å². The van der Waals surface area contributed by atoms with Crippen molar-refractivity contribution in [3.63, 3.8) is 0 Å². The summed E-state index contributed by atoms with van der Waals surface area (Å²) in [4.78, 5) is 23.5. The first-order chi connectivity index (χ1) is 10.1. The van der Waals surface area contributed by atoms with Gasteiger partial charge in [-0.05, 0) is 30.9 Å². The van der Waals surface area contributed by atoms with Gasteiger partial charge in [-0.15, -0.1) is 0 Å². The lowest BCUT2D eigenvalue weighted by atomic mass is 9.96. The first kappa shape index (κ1) is 15.5. The fourth-order valence-corrected chi connectivity index (χ4v) is 2.65. The Morgan fingerprint density at radius 2 is 2.05 bits per heavy atom. The number of nitrogens with one attached hydrogen (secondary N) is 2. The summed E-state index contributed by atoms with van der Waals surface area (Å²) in [6.07, 6.45) is 1.04. The highest BCUT2D eigenvalue weighted by molar-refractivity contribution is 5.85. The molecule has 0 radical (unpaired) electrons. The van der Waals surface area contributed by atoms with E-state index in [2.05, 4.69) is 10.6 Å². The van der Waals surface area contributed by atoms with Crippen molar-refractivity contribution in [3.8, 4) is 0 Å². The van der Waals surface area contributed by atoms with Crippen LogP contribution in [0.2, 0.25) is 0 Å². The largest absolute Gasteiger partial charge is 0.480 e. The van der Waals surface area contributed by atoms with E-state index in [1.165, 1.54) is 0 Å². The Morgan fingerprint density at radius 3 is 2.62 bits per heavy atom. The molecule has 1 heterocycles. The smallest absolute Gasteiger partial charge is 0.326 e. The topological polar surface area (TPSA) is 78.4 Å². The molecule has 3 unspecified atom stereocenters. The molecule has 3 atom stereocenters. The average molecular weight is 290 g/mol. The Kier molecular flexibility index (Phi) is 5.33. The van der Waals surface area contributed by atoms with E-state index < -0.39 is 12.0 Å². The van der Waals surface area contributed by atoms with E-state index in [1.54, 1.807) is 0 Å². The maximum absolute atomic E-state index is 12.2. The number of aliphatic carboxylic acids is 1. The number of carbonyl (C=O) groups excluding carboxylic acids is 1. The van der Waals surface area contributed by atoms with Crippen molar-refractivity contribution in [2.75, 3.05) is 13.1 Å². The SMILES string of the molecule is CC1CNCC1C(=O)NC(CCc1ccccc1)C(=O)O. The third-order valence-corrected chi connectivity index (χ3v) is 4.03. The van der Waals surface area contributed by atoms with Crippen molar-refractivity contribution in [2.45, 2.75) is 25.8 Å². The van der Waals surface area contributed by atoms with Gasteiger partial charge in [-0.3, -0.25) is 4.79 Å². The van der Waals surface area contributed by atoms with Crippen molar-refractivity contribution < 1.29 is 14.7 Å². The average Bonchev–Trinajstić information content (AvgIpc) is 2.90. The number of carboxylic acids is 1. The summed E-state index contributed by atoms with van der Waals surface area (Å²) >= 11 is 0. The second-order valence-electron chi connectivity index (χ2n) is 5.67. The first-order valence-electron chi connectivity index (χ1n) is 7.35. The van der Waals surface area contributed by atoms with Gasteiger partial charge in [0, 0.05) is 6.54 Å². The third kappa shape index (κ3) is 4.29. The van der Waals surface area contributed by atoms with Gasteiger partial charge in [0.25, 0.3) is 0 Å². The molecule has 1 saturated heterocycles. The van der Waals surface area contributed by atoms with Crippen LogP contribution in [0.15, 0.2) is 30.3 Å². The molecule has 1 aromatic rings. The Hall–Kier alpha value is -1.88. The van der Waals surface area contributed by atoms with E-state index in [0.29, 0.717) is 19.4 Å². The monoisotopic (exact) mass is 290 g/mol. The van der Waals surface area contributed by atoms with Crippen LogP contribution in [-0.2, 0) is 16.0 Å². The van der Waals surface area contributed by atoms with E-state index >= 15 is 0 Å². The zero-order valence-electron chi connectivity index (χ0n) is 12.2.